The zero-order chi connectivity index (χ0) is 21.5. The van der Waals surface area contributed by atoms with Gasteiger partial charge in [0.15, 0.2) is 5.13 Å². The first-order valence-corrected chi connectivity index (χ1v) is 11.4. The molecule has 0 unspecified atom stereocenters. The van der Waals surface area contributed by atoms with E-state index in [0.717, 1.165) is 54.7 Å². The van der Waals surface area contributed by atoms with Crippen LogP contribution in [0.25, 0.3) is 0 Å². The normalized spacial score (nSPS) is 14.6. The quantitative estimate of drug-likeness (QED) is 0.699. The molecule has 162 valence electrons. The summed E-state index contributed by atoms with van der Waals surface area (Å²) >= 11 is 1.67. The second kappa shape index (κ2) is 10.5. The van der Waals surface area contributed by atoms with E-state index in [2.05, 4.69) is 25.5 Å². The number of hydrogen-bond donors (Lipinski definition) is 1. The van der Waals surface area contributed by atoms with E-state index in [9.17, 15) is 9.59 Å². The fraction of sp³-hybridized carbons (Fsp3) is 0.500. The maximum absolute atomic E-state index is 12.9. The van der Waals surface area contributed by atoms with Crippen LogP contribution < -0.4 is 10.2 Å². The standard InChI is InChI=1S/C22H31N5O2S/c1-4-9-27(14-20(28)24-19-8-6-5-7-17(19)2)21(29)15-25-10-12-26(13-11-25)22-23-18(3)16-30-22/h5-8,16H,4,9-15H2,1-3H3,(H,24,28). The van der Waals surface area contributed by atoms with Gasteiger partial charge in [0.05, 0.1) is 18.8 Å². The molecule has 2 amide bonds. The summed E-state index contributed by atoms with van der Waals surface area (Å²) < 4.78 is 0. The molecule has 1 aliphatic rings. The van der Waals surface area contributed by atoms with Gasteiger partial charge in [0.1, 0.15) is 0 Å². The smallest absolute Gasteiger partial charge is 0.244 e. The van der Waals surface area contributed by atoms with Crippen LogP contribution in [0.3, 0.4) is 0 Å². The number of rotatable bonds is 8. The Morgan fingerprint density at radius 1 is 1.17 bits per heavy atom. The first kappa shape index (κ1) is 22.2. The van der Waals surface area contributed by atoms with E-state index in [-0.39, 0.29) is 18.4 Å². The Hall–Kier alpha value is -2.45. The van der Waals surface area contributed by atoms with E-state index < -0.39 is 0 Å². The molecule has 0 aliphatic carbocycles. The minimum atomic E-state index is -0.157. The highest BCUT2D eigenvalue weighted by atomic mass is 32.1. The molecule has 1 aromatic heterocycles. The first-order chi connectivity index (χ1) is 14.5. The van der Waals surface area contributed by atoms with Crippen molar-refractivity contribution >= 4 is 34.0 Å². The van der Waals surface area contributed by atoms with Crippen molar-refractivity contribution in [3.05, 3.63) is 40.9 Å². The van der Waals surface area contributed by atoms with E-state index in [1.54, 1.807) is 16.2 Å². The minimum Gasteiger partial charge on any atom is -0.346 e. The predicted molar refractivity (Wildman–Crippen MR) is 122 cm³/mol. The number of aryl methyl sites for hydroxylation is 2. The van der Waals surface area contributed by atoms with Crippen LogP contribution in [0.15, 0.2) is 29.6 Å². The molecule has 1 aromatic carbocycles. The van der Waals surface area contributed by atoms with Crippen LogP contribution in [0, 0.1) is 13.8 Å². The van der Waals surface area contributed by atoms with E-state index in [0.29, 0.717) is 13.1 Å². The van der Waals surface area contributed by atoms with Gasteiger partial charge in [-0.25, -0.2) is 4.98 Å². The lowest BCUT2D eigenvalue weighted by Gasteiger charge is -2.35. The van der Waals surface area contributed by atoms with Crippen LogP contribution in [0.4, 0.5) is 10.8 Å². The second-order valence-corrected chi connectivity index (χ2v) is 8.55. The number of hydrogen-bond acceptors (Lipinski definition) is 6. The largest absolute Gasteiger partial charge is 0.346 e. The monoisotopic (exact) mass is 429 g/mol. The van der Waals surface area contributed by atoms with Crippen molar-refractivity contribution in [2.75, 3.05) is 56.0 Å². The number of carbonyl (C=O) groups is 2. The van der Waals surface area contributed by atoms with Gasteiger partial charge >= 0.3 is 0 Å². The van der Waals surface area contributed by atoms with Gasteiger partial charge in [0.2, 0.25) is 11.8 Å². The van der Waals surface area contributed by atoms with Crippen molar-refractivity contribution in [1.29, 1.82) is 0 Å². The predicted octanol–water partition coefficient (Wildman–Crippen LogP) is 2.76. The molecule has 0 bridgehead atoms. The molecule has 1 N–H and O–H groups in total. The number of carbonyl (C=O) groups excluding carboxylic acids is 2. The summed E-state index contributed by atoms with van der Waals surface area (Å²) in [6.07, 6.45) is 0.820. The zero-order valence-electron chi connectivity index (χ0n) is 18.1. The highest BCUT2D eigenvalue weighted by Gasteiger charge is 2.24. The number of thiazole rings is 1. The third kappa shape index (κ3) is 6.03. The van der Waals surface area contributed by atoms with Gasteiger partial charge in [0, 0.05) is 43.8 Å². The Labute approximate surface area is 182 Å². The third-order valence-corrected chi connectivity index (χ3v) is 6.23. The molecule has 30 heavy (non-hydrogen) atoms. The van der Waals surface area contributed by atoms with Crippen LogP contribution in [0.5, 0.6) is 0 Å². The van der Waals surface area contributed by atoms with E-state index in [4.69, 9.17) is 0 Å². The molecule has 2 heterocycles. The molecule has 1 aliphatic heterocycles. The van der Waals surface area contributed by atoms with Crippen molar-refractivity contribution < 1.29 is 9.59 Å². The van der Waals surface area contributed by atoms with Gasteiger partial charge in [-0.2, -0.15) is 0 Å². The van der Waals surface area contributed by atoms with Crippen LogP contribution in [-0.2, 0) is 9.59 Å². The van der Waals surface area contributed by atoms with E-state index in [1.165, 1.54) is 0 Å². The molecule has 3 rings (SSSR count). The van der Waals surface area contributed by atoms with Crippen LogP contribution >= 0.6 is 11.3 Å². The summed E-state index contributed by atoms with van der Waals surface area (Å²) in [6.45, 7) is 10.4. The molecule has 0 saturated carbocycles. The zero-order valence-corrected chi connectivity index (χ0v) is 18.9. The topological polar surface area (TPSA) is 68.8 Å². The third-order valence-electron chi connectivity index (χ3n) is 5.21. The van der Waals surface area contributed by atoms with Gasteiger partial charge in [-0.05, 0) is 31.9 Å². The summed E-state index contributed by atoms with van der Waals surface area (Å²) in [4.78, 5) is 36.1. The lowest BCUT2D eigenvalue weighted by Crippen LogP contribution is -2.51. The second-order valence-electron chi connectivity index (χ2n) is 7.71. The number of anilines is 2. The fourth-order valence-electron chi connectivity index (χ4n) is 3.51. The number of nitrogens with zero attached hydrogens (tertiary/aromatic N) is 4. The highest BCUT2D eigenvalue weighted by Crippen LogP contribution is 2.21. The Kier molecular flexibility index (Phi) is 7.81. The van der Waals surface area contributed by atoms with Gasteiger partial charge in [-0.15, -0.1) is 11.3 Å². The number of nitrogens with one attached hydrogen (secondary N) is 1. The van der Waals surface area contributed by atoms with Crippen molar-refractivity contribution in [2.24, 2.45) is 0 Å². The van der Waals surface area contributed by atoms with Crippen LogP contribution in [0.2, 0.25) is 0 Å². The van der Waals surface area contributed by atoms with E-state index >= 15 is 0 Å². The molecule has 8 heteroatoms. The number of amides is 2. The van der Waals surface area contributed by atoms with Gasteiger partial charge in [-0.3, -0.25) is 14.5 Å². The summed E-state index contributed by atoms with van der Waals surface area (Å²) in [6, 6.07) is 7.66. The highest BCUT2D eigenvalue weighted by molar-refractivity contribution is 7.13. The summed E-state index contributed by atoms with van der Waals surface area (Å²) in [5, 5.41) is 6.04. The van der Waals surface area contributed by atoms with Gasteiger partial charge < -0.3 is 15.1 Å². The van der Waals surface area contributed by atoms with Crippen LogP contribution in [0.1, 0.15) is 24.6 Å². The molecule has 1 fully saturated rings. The fourth-order valence-corrected chi connectivity index (χ4v) is 4.37. The van der Waals surface area contributed by atoms with Crippen LogP contribution in [-0.4, -0.2) is 72.4 Å². The van der Waals surface area contributed by atoms with Crippen molar-refractivity contribution in [2.45, 2.75) is 27.2 Å². The first-order valence-electron chi connectivity index (χ1n) is 10.5. The van der Waals surface area contributed by atoms with Crippen molar-refractivity contribution in [3.8, 4) is 0 Å². The van der Waals surface area contributed by atoms with E-state index in [1.807, 2.05) is 45.0 Å². The number of piperazine rings is 1. The summed E-state index contributed by atoms with van der Waals surface area (Å²) in [5.74, 6) is -0.148. The maximum atomic E-state index is 12.9. The lowest BCUT2D eigenvalue weighted by molar-refractivity contribution is -0.135. The Balaban J connectivity index is 1.50. The molecule has 0 radical (unpaired) electrons. The number of benzene rings is 1. The molecular formula is C22H31N5O2S. The average Bonchev–Trinajstić information content (AvgIpc) is 3.16. The molecule has 1 saturated heterocycles. The lowest BCUT2D eigenvalue weighted by atomic mass is 10.2. The summed E-state index contributed by atoms with van der Waals surface area (Å²) in [7, 11) is 0. The molecular weight excluding hydrogens is 398 g/mol. The molecule has 0 spiro atoms. The molecule has 7 nitrogen and oxygen atoms in total. The SMILES string of the molecule is CCCN(CC(=O)Nc1ccccc1C)C(=O)CN1CCN(c2nc(C)cs2)CC1. The molecule has 0 atom stereocenters. The van der Waals surface area contributed by atoms with Crippen molar-refractivity contribution in [3.63, 3.8) is 0 Å². The Bertz CT molecular complexity index is 861. The Morgan fingerprint density at radius 3 is 2.53 bits per heavy atom. The van der Waals surface area contributed by atoms with Gasteiger partial charge in [-0.1, -0.05) is 25.1 Å². The summed E-state index contributed by atoms with van der Waals surface area (Å²) in [5.41, 5.74) is 2.85. The van der Waals surface area contributed by atoms with Crippen molar-refractivity contribution in [1.82, 2.24) is 14.8 Å². The number of aromatic nitrogens is 1. The maximum Gasteiger partial charge on any atom is 0.244 e. The minimum absolute atomic E-state index is 0.00956. The average molecular weight is 430 g/mol. The number of para-hydroxylation sites is 1. The van der Waals surface area contributed by atoms with Gasteiger partial charge in [0.25, 0.3) is 0 Å². The molecule has 2 aromatic rings. The Morgan fingerprint density at radius 2 is 1.90 bits per heavy atom.